The lowest BCUT2D eigenvalue weighted by atomic mass is 9.94. The molecular formula is C18H19N3. The van der Waals surface area contributed by atoms with Crippen LogP contribution in [0.5, 0.6) is 0 Å². The number of hydrogen-bond donors (Lipinski definition) is 1. The average molecular weight is 277 g/mol. The van der Waals surface area contributed by atoms with E-state index < -0.39 is 0 Å². The first-order valence-corrected chi connectivity index (χ1v) is 7.29. The maximum absolute atomic E-state index is 4.41. The van der Waals surface area contributed by atoms with Gasteiger partial charge in [0.25, 0.3) is 0 Å². The van der Waals surface area contributed by atoms with Crippen LogP contribution in [0, 0.1) is 6.92 Å². The third-order valence-electron chi connectivity index (χ3n) is 3.73. The van der Waals surface area contributed by atoms with Gasteiger partial charge in [0.15, 0.2) is 0 Å². The van der Waals surface area contributed by atoms with E-state index in [1.807, 2.05) is 6.07 Å². The summed E-state index contributed by atoms with van der Waals surface area (Å²) in [6, 6.07) is 15.0. The van der Waals surface area contributed by atoms with Gasteiger partial charge in [-0.15, -0.1) is 0 Å². The molecule has 2 aromatic carbocycles. The lowest BCUT2D eigenvalue weighted by molar-refractivity contribution is 0.628. The highest BCUT2D eigenvalue weighted by Crippen LogP contribution is 2.26. The first kappa shape index (κ1) is 13.7. The molecule has 3 rings (SSSR count). The lowest BCUT2D eigenvalue weighted by Gasteiger charge is -2.21. The molecule has 0 spiro atoms. The Labute approximate surface area is 125 Å². The van der Waals surface area contributed by atoms with Gasteiger partial charge in [0.05, 0.1) is 17.1 Å². The standard InChI is InChI=1S/C18H19N3/c1-3-19-18(15-7-5-4-6-13(15)2)14-8-9-16-17(12-14)21-11-10-20-16/h4-12,18-19H,3H2,1-2H3. The van der Waals surface area contributed by atoms with Gasteiger partial charge in [-0.25, -0.2) is 0 Å². The molecule has 21 heavy (non-hydrogen) atoms. The van der Waals surface area contributed by atoms with Crippen molar-refractivity contribution < 1.29 is 0 Å². The molecule has 0 radical (unpaired) electrons. The van der Waals surface area contributed by atoms with Gasteiger partial charge in [-0.2, -0.15) is 0 Å². The van der Waals surface area contributed by atoms with E-state index in [2.05, 4.69) is 65.5 Å². The van der Waals surface area contributed by atoms with Crippen molar-refractivity contribution in [3.05, 3.63) is 71.5 Å². The van der Waals surface area contributed by atoms with Gasteiger partial charge in [0.1, 0.15) is 0 Å². The highest BCUT2D eigenvalue weighted by atomic mass is 14.9. The number of aromatic nitrogens is 2. The van der Waals surface area contributed by atoms with Gasteiger partial charge in [-0.05, 0) is 42.3 Å². The molecule has 0 bridgehead atoms. The van der Waals surface area contributed by atoms with E-state index in [1.165, 1.54) is 16.7 Å². The largest absolute Gasteiger partial charge is 0.307 e. The van der Waals surface area contributed by atoms with Crippen molar-refractivity contribution in [3.8, 4) is 0 Å². The highest BCUT2D eigenvalue weighted by Gasteiger charge is 2.15. The van der Waals surface area contributed by atoms with Gasteiger partial charge >= 0.3 is 0 Å². The number of fused-ring (bicyclic) bond motifs is 1. The third-order valence-corrected chi connectivity index (χ3v) is 3.73. The summed E-state index contributed by atoms with van der Waals surface area (Å²) in [5.74, 6) is 0. The quantitative estimate of drug-likeness (QED) is 0.791. The van der Waals surface area contributed by atoms with E-state index in [0.29, 0.717) is 0 Å². The molecule has 0 aliphatic heterocycles. The van der Waals surface area contributed by atoms with Crippen molar-refractivity contribution in [2.45, 2.75) is 19.9 Å². The molecule has 1 atom stereocenters. The smallest absolute Gasteiger partial charge is 0.0890 e. The highest BCUT2D eigenvalue weighted by molar-refractivity contribution is 5.74. The van der Waals surface area contributed by atoms with Crippen molar-refractivity contribution >= 4 is 11.0 Å². The summed E-state index contributed by atoms with van der Waals surface area (Å²) in [4.78, 5) is 8.75. The molecule has 1 heterocycles. The Morgan fingerprint density at radius 1 is 1.00 bits per heavy atom. The van der Waals surface area contributed by atoms with Gasteiger partial charge in [0.2, 0.25) is 0 Å². The van der Waals surface area contributed by atoms with Gasteiger partial charge in [0, 0.05) is 12.4 Å². The topological polar surface area (TPSA) is 37.8 Å². The zero-order valence-corrected chi connectivity index (χ0v) is 12.4. The van der Waals surface area contributed by atoms with Crippen LogP contribution in [0.3, 0.4) is 0 Å². The Balaban J connectivity index is 2.09. The average Bonchev–Trinajstić information content (AvgIpc) is 2.53. The Hall–Kier alpha value is -2.26. The van der Waals surface area contributed by atoms with E-state index in [9.17, 15) is 0 Å². The Kier molecular flexibility index (Phi) is 3.93. The van der Waals surface area contributed by atoms with Crippen LogP contribution < -0.4 is 5.32 Å². The van der Waals surface area contributed by atoms with Crippen molar-refractivity contribution in [1.29, 1.82) is 0 Å². The van der Waals surface area contributed by atoms with Crippen LogP contribution in [0.1, 0.15) is 29.7 Å². The zero-order valence-electron chi connectivity index (χ0n) is 12.4. The summed E-state index contributed by atoms with van der Waals surface area (Å²) in [6.07, 6.45) is 3.47. The Morgan fingerprint density at radius 2 is 1.76 bits per heavy atom. The molecule has 0 aliphatic rings. The van der Waals surface area contributed by atoms with Crippen molar-refractivity contribution in [1.82, 2.24) is 15.3 Å². The molecule has 0 aliphatic carbocycles. The predicted octanol–water partition coefficient (Wildman–Crippen LogP) is 3.64. The van der Waals surface area contributed by atoms with Gasteiger partial charge in [-0.3, -0.25) is 9.97 Å². The van der Waals surface area contributed by atoms with Crippen LogP contribution in [0.4, 0.5) is 0 Å². The minimum absolute atomic E-state index is 0.183. The molecule has 1 N–H and O–H groups in total. The summed E-state index contributed by atoms with van der Waals surface area (Å²) < 4.78 is 0. The Morgan fingerprint density at radius 3 is 2.52 bits per heavy atom. The van der Waals surface area contributed by atoms with Crippen molar-refractivity contribution in [3.63, 3.8) is 0 Å². The van der Waals surface area contributed by atoms with Gasteiger partial charge < -0.3 is 5.32 Å². The van der Waals surface area contributed by atoms with E-state index >= 15 is 0 Å². The fourth-order valence-electron chi connectivity index (χ4n) is 2.68. The fraction of sp³-hybridized carbons (Fsp3) is 0.222. The van der Waals surface area contributed by atoms with Crippen LogP contribution in [0.2, 0.25) is 0 Å². The Bertz CT molecular complexity index is 752. The van der Waals surface area contributed by atoms with Crippen LogP contribution in [0.25, 0.3) is 11.0 Å². The van der Waals surface area contributed by atoms with E-state index in [-0.39, 0.29) is 6.04 Å². The number of aryl methyl sites for hydroxylation is 1. The number of benzene rings is 2. The summed E-state index contributed by atoms with van der Waals surface area (Å²) in [5, 5.41) is 3.57. The summed E-state index contributed by atoms with van der Waals surface area (Å²) >= 11 is 0. The van der Waals surface area contributed by atoms with E-state index in [1.54, 1.807) is 12.4 Å². The van der Waals surface area contributed by atoms with Crippen molar-refractivity contribution in [2.75, 3.05) is 6.54 Å². The van der Waals surface area contributed by atoms with E-state index in [0.717, 1.165) is 17.6 Å². The summed E-state index contributed by atoms with van der Waals surface area (Å²) in [6.45, 7) is 5.20. The number of hydrogen-bond acceptors (Lipinski definition) is 3. The van der Waals surface area contributed by atoms with Crippen LogP contribution >= 0.6 is 0 Å². The first-order valence-electron chi connectivity index (χ1n) is 7.29. The molecule has 1 unspecified atom stereocenters. The van der Waals surface area contributed by atoms with Crippen LogP contribution in [-0.4, -0.2) is 16.5 Å². The molecule has 0 saturated carbocycles. The minimum atomic E-state index is 0.183. The summed E-state index contributed by atoms with van der Waals surface area (Å²) in [7, 11) is 0. The van der Waals surface area contributed by atoms with Crippen LogP contribution in [-0.2, 0) is 0 Å². The SMILES string of the molecule is CCNC(c1ccc2nccnc2c1)c1ccccc1C. The molecule has 0 fully saturated rings. The second-order valence-corrected chi connectivity index (χ2v) is 5.15. The second kappa shape index (κ2) is 6.02. The molecule has 3 nitrogen and oxygen atoms in total. The molecule has 3 heteroatoms. The minimum Gasteiger partial charge on any atom is -0.307 e. The fourth-order valence-corrected chi connectivity index (χ4v) is 2.68. The molecule has 0 saturated heterocycles. The molecule has 3 aromatic rings. The summed E-state index contributed by atoms with van der Waals surface area (Å²) in [5.41, 5.74) is 5.69. The van der Waals surface area contributed by atoms with Crippen LogP contribution in [0.15, 0.2) is 54.9 Å². The second-order valence-electron chi connectivity index (χ2n) is 5.15. The number of rotatable bonds is 4. The monoisotopic (exact) mass is 277 g/mol. The molecule has 106 valence electrons. The zero-order chi connectivity index (χ0) is 14.7. The molecule has 0 amide bonds. The normalized spacial score (nSPS) is 12.5. The predicted molar refractivity (Wildman–Crippen MR) is 86.2 cm³/mol. The maximum Gasteiger partial charge on any atom is 0.0890 e. The lowest BCUT2D eigenvalue weighted by Crippen LogP contribution is -2.22. The molecule has 1 aromatic heterocycles. The third kappa shape index (κ3) is 2.78. The van der Waals surface area contributed by atoms with Gasteiger partial charge in [-0.1, -0.05) is 37.3 Å². The first-order chi connectivity index (χ1) is 10.3. The number of nitrogens with one attached hydrogen (secondary N) is 1. The molecular weight excluding hydrogens is 258 g/mol. The van der Waals surface area contributed by atoms with Crippen molar-refractivity contribution in [2.24, 2.45) is 0 Å². The van der Waals surface area contributed by atoms with E-state index in [4.69, 9.17) is 0 Å². The number of nitrogens with zero attached hydrogens (tertiary/aromatic N) is 2. The maximum atomic E-state index is 4.41.